The zero-order valence-corrected chi connectivity index (χ0v) is 20.3. The molecule has 0 aliphatic rings. The highest BCUT2D eigenvalue weighted by Crippen LogP contribution is 2.29. The Morgan fingerprint density at radius 1 is 1.03 bits per heavy atom. The van der Waals surface area contributed by atoms with Gasteiger partial charge in [0.15, 0.2) is 0 Å². The zero-order valence-electron chi connectivity index (χ0n) is 20.3. The molecule has 1 heterocycles. The Bertz CT molecular complexity index is 1470. The second kappa shape index (κ2) is 11.0. The van der Waals surface area contributed by atoms with E-state index < -0.39 is 18.1 Å². The number of benzene rings is 3. The number of aromatic carboxylic acids is 1. The van der Waals surface area contributed by atoms with E-state index in [1.54, 1.807) is 31.4 Å². The minimum absolute atomic E-state index is 0.00342. The molecule has 0 fully saturated rings. The number of pyridine rings is 1. The molecule has 0 bridgehead atoms. The van der Waals surface area contributed by atoms with E-state index >= 15 is 0 Å². The molecule has 0 saturated heterocycles. The van der Waals surface area contributed by atoms with Crippen molar-refractivity contribution in [2.75, 3.05) is 7.11 Å². The number of aromatic nitrogens is 1. The van der Waals surface area contributed by atoms with Crippen LogP contribution in [0.15, 0.2) is 72.8 Å². The molecule has 1 aromatic heterocycles. The molecule has 0 saturated carbocycles. The Hall–Kier alpha value is -4.56. The average molecular weight is 499 g/mol. The smallest absolute Gasteiger partial charge is 0.336 e. The van der Waals surface area contributed by atoms with Gasteiger partial charge in [0.1, 0.15) is 29.6 Å². The Kier molecular flexibility index (Phi) is 7.60. The van der Waals surface area contributed by atoms with E-state index in [2.05, 4.69) is 10.3 Å². The monoisotopic (exact) mass is 498 g/mol. The van der Waals surface area contributed by atoms with Gasteiger partial charge in [0, 0.05) is 5.39 Å². The van der Waals surface area contributed by atoms with Crippen molar-refractivity contribution in [3.8, 4) is 22.6 Å². The van der Waals surface area contributed by atoms with Gasteiger partial charge in [0.2, 0.25) is 0 Å². The summed E-state index contributed by atoms with van der Waals surface area (Å²) in [5, 5.41) is 22.9. The lowest BCUT2D eigenvalue weighted by Gasteiger charge is -2.21. The molecule has 37 heavy (non-hydrogen) atoms. The number of nitrogens with zero attached hydrogens (tertiary/aromatic N) is 1. The van der Waals surface area contributed by atoms with Gasteiger partial charge >= 0.3 is 5.97 Å². The number of carboxylic acids is 1. The lowest BCUT2D eigenvalue weighted by molar-refractivity contribution is -0.119. The fourth-order valence-corrected chi connectivity index (χ4v) is 4.16. The number of carbonyl (C=O) groups excluding carboxylic acids is 2. The van der Waals surface area contributed by atoms with Crippen molar-refractivity contribution < 1.29 is 29.3 Å². The van der Waals surface area contributed by atoms with Gasteiger partial charge in [-0.1, -0.05) is 30.3 Å². The number of fused-ring (bicyclic) bond motifs is 1. The number of aldehydes is 1. The molecule has 8 nitrogen and oxygen atoms in total. The van der Waals surface area contributed by atoms with Gasteiger partial charge < -0.3 is 19.7 Å². The molecule has 0 radical (unpaired) electrons. The summed E-state index contributed by atoms with van der Waals surface area (Å²) in [6.07, 6.45) is 0.889. The summed E-state index contributed by atoms with van der Waals surface area (Å²) in [4.78, 5) is 41.2. The highest BCUT2D eigenvalue weighted by atomic mass is 16.5. The first kappa shape index (κ1) is 25.5. The molecule has 4 aromatic rings. The summed E-state index contributed by atoms with van der Waals surface area (Å²) in [5.74, 6) is -0.565. The third-order valence-electron chi connectivity index (χ3n) is 6.16. The maximum Gasteiger partial charge on any atom is 0.336 e. The van der Waals surface area contributed by atoms with Crippen molar-refractivity contribution in [1.29, 1.82) is 0 Å². The van der Waals surface area contributed by atoms with Gasteiger partial charge in [-0.3, -0.25) is 15.1 Å². The minimum atomic E-state index is -1.16. The quantitative estimate of drug-likeness (QED) is 0.276. The molecule has 0 amide bonds. The van der Waals surface area contributed by atoms with E-state index in [1.807, 2.05) is 30.3 Å². The molecule has 8 heteroatoms. The number of methoxy groups -OCH3 is 1. The van der Waals surface area contributed by atoms with Crippen LogP contribution >= 0.6 is 0 Å². The molecular weight excluding hydrogens is 472 g/mol. The molecule has 0 aliphatic heterocycles. The van der Waals surface area contributed by atoms with E-state index in [0.29, 0.717) is 22.9 Å². The van der Waals surface area contributed by atoms with Crippen molar-refractivity contribution >= 4 is 28.9 Å². The number of hydrogen-bond donors (Lipinski definition) is 3. The van der Waals surface area contributed by atoms with Crippen LogP contribution < -0.4 is 10.1 Å². The number of Topliss-reactive ketones (excluding diaryl/α,β-unsaturated/α-hetero) is 1. The summed E-state index contributed by atoms with van der Waals surface area (Å²) >= 11 is 0. The summed E-state index contributed by atoms with van der Waals surface area (Å²) in [7, 11) is 1.58. The van der Waals surface area contributed by atoms with Gasteiger partial charge in [-0.2, -0.15) is 0 Å². The lowest BCUT2D eigenvalue weighted by atomic mass is 9.98. The Labute approximate surface area is 213 Å². The van der Waals surface area contributed by atoms with Crippen molar-refractivity contribution in [2.24, 2.45) is 0 Å². The molecular formula is C29H26N2O6. The van der Waals surface area contributed by atoms with Crippen LogP contribution in [0.5, 0.6) is 11.5 Å². The number of carboxylic acid groups (broad SMARTS) is 1. The van der Waals surface area contributed by atoms with Crippen molar-refractivity contribution in [2.45, 2.75) is 25.4 Å². The highest BCUT2D eigenvalue weighted by Gasteiger charge is 2.24. The van der Waals surface area contributed by atoms with Crippen LogP contribution in [0.3, 0.4) is 0 Å². The first-order valence-corrected chi connectivity index (χ1v) is 11.6. The number of rotatable bonds is 10. The predicted octanol–water partition coefficient (Wildman–Crippen LogP) is 4.34. The largest absolute Gasteiger partial charge is 0.508 e. The standard InChI is InChI=1S/C29H26N2O6/c1-17(33)26(12-18-6-9-21(34)10-7-18)31-28(16-32)27-15-24(29(35)36)23-14-20(8-11-25(23)30-27)19-4-3-5-22(13-19)37-2/h3-11,13-16,26,28,31,34H,12H2,1-2H3,(H,35,36)/t26-,28?/m0/s1. The third kappa shape index (κ3) is 5.82. The molecule has 3 N–H and O–H groups in total. The van der Waals surface area contributed by atoms with Gasteiger partial charge in [-0.05, 0) is 72.5 Å². The Balaban J connectivity index is 1.70. The molecule has 2 atom stereocenters. The van der Waals surface area contributed by atoms with Gasteiger partial charge in [0.25, 0.3) is 0 Å². The zero-order chi connectivity index (χ0) is 26.5. The molecule has 0 spiro atoms. The number of hydrogen-bond acceptors (Lipinski definition) is 7. The average Bonchev–Trinajstić information content (AvgIpc) is 2.91. The summed E-state index contributed by atoms with van der Waals surface area (Å²) in [6, 6.07) is 18.8. The van der Waals surface area contributed by atoms with Crippen LogP contribution in [-0.4, -0.2) is 46.4 Å². The Morgan fingerprint density at radius 2 is 1.76 bits per heavy atom. The van der Waals surface area contributed by atoms with Crippen LogP contribution in [-0.2, 0) is 16.0 Å². The number of nitrogens with one attached hydrogen (secondary N) is 1. The van der Waals surface area contributed by atoms with Gasteiger partial charge in [-0.25, -0.2) is 4.79 Å². The van der Waals surface area contributed by atoms with Crippen molar-refractivity contribution in [1.82, 2.24) is 10.3 Å². The van der Waals surface area contributed by atoms with Crippen LogP contribution in [0.4, 0.5) is 0 Å². The van der Waals surface area contributed by atoms with Crippen LogP contribution in [0.1, 0.15) is 34.6 Å². The summed E-state index contributed by atoms with van der Waals surface area (Å²) in [5.41, 5.74) is 3.04. The number of phenolic OH excluding ortho intramolecular Hbond substituents is 1. The number of phenols is 1. The Morgan fingerprint density at radius 3 is 2.41 bits per heavy atom. The number of carbonyl (C=O) groups is 3. The van der Waals surface area contributed by atoms with Crippen molar-refractivity contribution in [3.05, 3.63) is 89.6 Å². The second-order valence-corrected chi connectivity index (χ2v) is 8.68. The molecule has 0 aliphatic carbocycles. The van der Waals surface area contributed by atoms with Gasteiger partial charge in [-0.15, -0.1) is 0 Å². The maximum atomic E-state index is 12.4. The number of aromatic hydroxyl groups is 1. The molecule has 3 aromatic carbocycles. The molecule has 188 valence electrons. The van der Waals surface area contributed by atoms with Crippen LogP contribution in [0, 0.1) is 0 Å². The second-order valence-electron chi connectivity index (χ2n) is 8.68. The molecule has 4 rings (SSSR count). The first-order valence-electron chi connectivity index (χ1n) is 11.6. The van der Waals surface area contributed by atoms with E-state index in [0.717, 1.165) is 16.7 Å². The normalized spacial score (nSPS) is 12.6. The maximum absolute atomic E-state index is 12.4. The summed E-state index contributed by atoms with van der Waals surface area (Å²) < 4.78 is 5.29. The predicted molar refractivity (Wildman–Crippen MR) is 139 cm³/mol. The van der Waals surface area contributed by atoms with E-state index in [-0.39, 0.29) is 29.2 Å². The van der Waals surface area contributed by atoms with Crippen molar-refractivity contribution in [3.63, 3.8) is 0 Å². The fourth-order valence-electron chi connectivity index (χ4n) is 4.16. The SMILES string of the molecule is COc1cccc(-c2ccc3nc(C(C=O)N[C@@H](Cc4ccc(O)cc4)C(C)=O)cc(C(=O)O)c3c2)c1. The number of ether oxygens (including phenoxy) is 1. The van der Waals surface area contributed by atoms with E-state index in [9.17, 15) is 24.6 Å². The first-order chi connectivity index (χ1) is 17.8. The minimum Gasteiger partial charge on any atom is -0.508 e. The molecule has 1 unspecified atom stereocenters. The summed E-state index contributed by atoms with van der Waals surface area (Å²) in [6.45, 7) is 1.41. The third-order valence-corrected chi connectivity index (χ3v) is 6.16. The lowest BCUT2D eigenvalue weighted by Crippen LogP contribution is -2.40. The fraction of sp³-hybridized carbons (Fsp3) is 0.172. The topological polar surface area (TPSA) is 126 Å². The van der Waals surface area contributed by atoms with Gasteiger partial charge in [0.05, 0.1) is 29.9 Å². The number of ketones is 1. The van der Waals surface area contributed by atoms with Crippen LogP contribution in [0.2, 0.25) is 0 Å². The van der Waals surface area contributed by atoms with Crippen LogP contribution in [0.25, 0.3) is 22.0 Å². The van der Waals surface area contributed by atoms with E-state index in [4.69, 9.17) is 4.74 Å². The highest BCUT2D eigenvalue weighted by molar-refractivity contribution is 6.04. The van der Waals surface area contributed by atoms with E-state index in [1.165, 1.54) is 25.1 Å².